The van der Waals surface area contributed by atoms with Crippen molar-refractivity contribution in [3.8, 4) is 35.0 Å². The Morgan fingerprint density at radius 3 is 1.50 bits per heavy atom. The zero-order valence-electron chi connectivity index (χ0n) is 12.3. The molecule has 1 aliphatic rings. The summed E-state index contributed by atoms with van der Waals surface area (Å²) < 4.78 is 1.30. The van der Waals surface area contributed by atoms with Crippen molar-refractivity contribution in [3.63, 3.8) is 0 Å². The zero-order chi connectivity index (χ0) is 17.4. The van der Waals surface area contributed by atoms with Crippen LogP contribution >= 0.6 is 0 Å². The summed E-state index contributed by atoms with van der Waals surface area (Å²) in [5.74, 6) is -4.38. The van der Waals surface area contributed by atoms with Gasteiger partial charge in [-0.1, -0.05) is 0 Å². The van der Waals surface area contributed by atoms with Gasteiger partial charge in [0.05, 0.1) is 12.1 Å². The van der Waals surface area contributed by atoms with E-state index in [1.54, 1.807) is 0 Å². The molecule has 3 heterocycles. The van der Waals surface area contributed by atoms with E-state index in [9.17, 15) is 30.0 Å². The van der Waals surface area contributed by atoms with E-state index in [1.807, 2.05) is 0 Å². The number of carbonyl (C=O) groups excluding carboxylic acids is 2. The average molecular weight is 338 g/mol. The smallest absolute Gasteiger partial charge is 0.250 e. The maximum atomic E-state index is 12.0. The molecule has 3 rings (SSSR count). The van der Waals surface area contributed by atoms with Crippen molar-refractivity contribution in [3.05, 3.63) is 12.1 Å². The topological polar surface area (TPSA) is 143 Å². The first-order chi connectivity index (χ1) is 11.4. The summed E-state index contributed by atoms with van der Waals surface area (Å²) in [6.45, 7) is 0. The van der Waals surface area contributed by atoms with Crippen molar-refractivity contribution < 1.29 is 39.8 Å². The maximum absolute atomic E-state index is 12.0. The molecule has 2 aromatic rings. The van der Waals surface area contributed by atoms with Gasteiger partial charge in [-0.25, -0.2) is 9.13 Å². The number of aromatic hydroxyl groups is 4. The monoisotopic (exact) mass is 338 g/mol. The normalized spacial score (nSPS) is 15.5. The number of carbonyl (C=O) groups is 2. The summed E-state index contributed by atoms with van der Waals surface area (Å²) in [7, 11) is 0. The quantitative estimate of drug-likeness (QED) is 0.527. The molecule has 0 saturated carbocycles. The standard InChI is InChI=1S/C14H14N2O8/c17-9-3-1-2-4-10(18)16-12(20)6-8(14(16)22)24-23-7-5-11(19)15(9)13(7)21/h5-6,19-22H,1-4H2. The van der Waals surface area contributed by atoms with Crippen LogP contribution in [0.1, 0.15) is 35.3 Å². The molecule has 24 heavy (non-hydrogen) atoms. The van der Waals surface area contributed by atoms with Crippen molar-refractivity contribution in [1.82, 2.24) is 9.13 Å². The molecule has 10 nitrogen and oxygen atoms in total. The Labute approximate surface area is 134 Å². The highest BCUT2D eigenvalue weighted by Crippen LogP contribution is 2.38. The molecule has 0 fully saturated rings. The van der Waals surface area contributed by atoms with Crippen molar-refractivity contribution in [1.29, 1.82) is 0 Å². The molecule has 0 radical (unpaired) electrons. The third-order valence-electron chi connectivity index (χ3n) is 3.59. The molecule has 0 saturated heterocycles. The lowest BCUT2D eigenvalue weighted by atomic mass is 10.2. The molecule has 128 valence electrons. The Bertz CT molecular complexity index is 751. The zero-order valence-corrected chi connectivity index (χ0v) is 12.3. The first kappa shape index (κ1) is 15.6. The first-order valence-corrected chi connectivity index (χ1v) is 7.08. The SMILES string of the molecule is O=C1CCCCC(=O)n2c(O)cc(c2O)OOc2cc(O)n1c2O. The van der Waals surface area contributed by atoms with E-state index in [2.05, 4.69) is 0 Å². The fourth-order valence-electron chi connectivity index (χ4n) is 2.41. The Morgan fingerprint density at radius 1 is 0.750 bits per heavy atom. The van der Waals surface area contributed by atoms with Gasteiger partial charge in [0, 0.05) is 12.8 Å². The van der Waals surface area contributed by atoms with Crippen LogP contribution in [0.3, 0.4) is 0 Å². The minimum absolute atomic E-state index is 0.0434. The molecule has 1 aliphatic heterocycles. The van der Waals surface area contributed by atoms with E-state index in [0.29, 0.717) is 22.0 Å². The highest BCUT2D eigenvalue weighted by Gasteiger charge is 2.25. The molecule has 4 N–H and O–H groups in total. The van der Waals surface area contributed by atoms with Crippen molar-refractivity contribution in [2.45, 2.75) is 25.7 Å². The van der Waals surface area contributed by atoms with Crippen LogP contribution in [-0.2, 0) is 0 Å². The minimum Gasteiger partial charge on any atom is -0.494 e. The van der Waals surface area contributed by atoms with Gasteiger partial charge in [0.25, 0.3) is 0 Å². The van der Waals surface area contributed by atoms with Gasteiger partial charge in [0.15, 0.2) is 0 Å². The summed E-state index contributed by atoms with van der Waals surface area (Å²) in [5, 5.41) is 39.4. The number of rotatable bonds is 0. The molecule has 0 amide bonds. The summed E-state index contributed by atoms with van der Waals surface area (Å²) in [6.07, 6.45) is 0.504. The minimum atomic E-state index is -0.672. The Morgan fingerprint density at radius 2 is 1.12 bits per heavy atom. The number of aromatic nitrogens is 2. The second-order valence-corrected chi connectivity index (χ2v) is 5.21. The van der Waals surface area contributed by atoms with E-state index in [-0.39, 0.29) is 24.3 Å². The molecule has 0 unspecified atom stereocenters. The van der Waals surface area contributed by atoms with Crippen LogP contribution < -0.4 is 9.78 Å². The fraction of sp³-hybridized carbons (Fsp3) is 0.286. The summed E-state index contributed by atoms with van der Waals surface area (Å²) >= 11 is 0. The van der Waals surface area contributed by atoms with E-state index >= 15 is 0 Å². The average Bonchev–Trinajstić information content (AvgIpc) is 2.96. The highest BCUT2D eigenvalue weighted by molar-refractivity contribution is 5.84. The van der Waals surface area contributed by atoms with E-state index in [0.717, 1.165) is 12.1 Å². The lowest BCUT2D eigenvalue weighted by Gasteiger charge is -2.08. The predicted molar refractivity (Wildman–Crippen MR) is 76.5 cm³/mol. The largest absolute Gasteiger partial charge is 0.494 e. The number of nitrogens with zero attached hydrogens (tertiary/aromatic N) is 2. The Balaban J connectivity index is 2.00. The number of hydrogen-bond donors (Lipinski definition) is 4. The van der Waals surface area contributed by atoms with Crippen LogP contribution in [-0.4, -0.2) is 41.4 Å². The van der Waals surface area contributed by atoms with Gasteiger partial charge < -0.3 is 20.4 Å². The number of hydrogen-bond acceptors (Lipinski definition) is 8. The third kappa shape index (κ3) is 2.47. The molecule has 0 aliphatic carbocycles. The third-order valence-corrected chi connectivity index (χ3v) is 3.59. The van der Waals surface area contributed by atoms with Crippen LogP contribution in [0.5, 0.6) is 35.0 Å². The van der Waals surface area contributed by atoms with E-state index in [4.69, 9.17) is 9.78 Å². The molecule has 0 spiro atoms. The predicted octanol–water partition coefficient (Wildman–Crippen LogP) is 1.34. The van der Waals surface area contributed by atoms with Crippen molar-refractivity contribution in [2.24, 2.45) is 0 Å². The number of fused-ring (bicyclic) bond motifs is 4. The molecular formula is C14H14N2O8. The van der Waals surface area contributed by atoms with Gasteiger partial charge in [-0.2, -0.15) is 0 Å². The maximum Gasteiger partial charge on any atom is 0.250 e. The van der Waals surface area contributed by atoms with Crippen LogP contribution in [0.4, 0.5) is 0 Å². The highest BCUT2D eigenvalue weighted by atomic mass is 17.2. The van der Waals surface area contributed by atoms with Gasteiger partial charge >= 0.3 is 0 Å². The Kier molecular flexibility index (Phi) is 3.72. The summed E-state index contributed by atoms with van der Waals surface area (Å²) in [5.41, 5.74) is 0. The van der Waals surface area contributed by atoms with Gasteiger partial charge in [0.2, 0.25) is 46.8 Å². The molecule has 2 aromatic heterocycles. The van der Waals surface area contributed by atoms with E-state index < -0.39 is 35.3 Å². The second-order valence-electron chi connectivity index (χ2n) is 5.21. The van der Waals surface area contributed by atoms with Crippen LogP contribution in [0.25, 0.3) is 0 Å². The van der Waals surface area contributed by atoms with Gasteiger partial charge in [-0.05, 0) is 12.8 Å². The van der Waals surface area contributed by atoms with E-state index in [1.165, 1.54) is 0 Å². The lowest BCUT2D eigenvalue weighted by Crippen LogP contribution is -2.12. The van der Waals surface area contributed by atoms with Gasteiger partial charge in [-0.3, -0.25) is 19.4 Å². The molecule has 4 bridgehead atoms. The fourth-order valence-corrected chi connectivity index (χ4v) is 2.41. The molecular weight excluding hydrogens is 324 g/mol. The first-order valence-electron chi connectivity index (χ1n) is 7.08. The van der Waals surface area contributed by atoms with Crippen LogP contribution in [0, 0.1) is 0 Å². The van der Waals surface area contributed by atoms with Gasteiger partial charge in [0.1, 0.15) is 0 Å². The van der Waals surface area contributed by atoms with Crippen LogP contribution in [0.2, 0.25) is 0 Å². The second kappa shape index (κ2) is 5.72. The summed E-state index contributed by atoms with van der Waals surface area (Å²) in [6, 6.07) is 1.90. The molecule has 0 atom stereocenters. The van der Waals surface area contributed by atoms with Gasteiger partial charge in [-0.15, -0.1) is 0 Å². The lowest BCUT2D eigenvalue weighted by molar-refractivity contribution is -0.103. The van der Waals surface area contributed by atoms with Crippen LogP contribution in [0.15, 0.2) is 12.1 Å². The molecule has 10 heteroatoms. The van der Waals surface area contributed by atoms with Crippen molar-refractivity contribution in [2.75, 3.05) is 0 Å². The summed E-state index contributed by atoms with van der Waals surface area (Å²) in [4.78, 5) is 33.6. The van der Waals surface area contributed by atoms with Crippen molar-refractivity contribution >= 4 is 11.8 Å². The molecule has 0 aromatic carbocycles. The Hall–Kier alpha value is -3.30.